The third-order valence-corrected chi connectivity index (χ3v) is 4.82. The summed E-state index contributed by atoms with van der Waals surface area (Å²) < 4.78 is 5.75. The highest BCUT2D eigenvalue weighted by Crippen LogP contribution is 2.30. The van der Waals surface area contributed by atoms with Crippen molar-refractivity contribution < 1.29 is 14.3 Å². The molecule has 0 saturated carbocycles. The van der Waals surface area contributed by atoms with E-state index in [4.69, 9.17) is 4.74 Å². The molecule has 1 aliphatic rings. The number of carbonyl (C=O) groups excluding carboxylic acids is 2. The van der Waals surface area contributed by atoms with Crippen molar-refractivity contribution >= 4 is 11.9 Å². The van der Waals surface area contributed by atoms with Gasteiger partial charge in [-0.3, -0.25) is 9.59 Å². The van der Waals surface area contributed by atoms with Crippen LogP contribution in [0.2, 0.25) is 0 Å². The molecule has 0 aliphatic carbocycles. The zero-order valence-electron chi connectivity index (χ0n) is 16.3. The summed E-state index contributed by atoms with van der Waals surface area (Å²) in [6.45, 7) is 10.6. The van der Waals surface area contributed by atoms with Gasteiger partial charge >= 0.3 is 5.97 Å². The van der Waals surface area contributed by atoms with E-state index in [0.717, 1.165) is 32.1 Å². The molecule has 1 amide bonds. The van der Waals surface area contributed by atoms with Crippen molar-refractivity contribution in [3.05, 3.63) is 12.3 Å². The molecule has 24 heavy (non-hydrogen) atoms. The predicted molar refractivity (Wildman–Crippen MR) is 97.3 cm³/mol. The van der Waals surface area contributed by atoms with Crippen molar-refractivity contribution in [3.8, 4) is 0 Å². The van der Waals surface area contributed by atoms with Crippen LogP contribution in [0, 0.1) is 17.3 Å². The van der Waals surface area contributed by atoms with E-state index < -0.39 is 0 Å². The second-order valence-electron chi connectivity index (χ2n) is 8.41. The van der Waals surface area contributed by atoms with Gasteiger partial charge in [0.05, 0.1) is 6.42 Å². The summed E-state index contributed by atoms with van der Waals surface area (Å²) >= 11 is 0. The second-order valence-corrected chi connectivity index (χ2v) is 8.41. The molecule has 4 nitrogen and oxygen atoms in total. The average Bonchev–Trinajstić information content (AvgIpc) is 2.48. The number of cyclic esters (lactones) is 1. The molecule has 1 rings (SSSR count). The fourth-order valence-corrected chi connectivity index (χ4v) is 3.06. The number of esters is 1. The van der Waals surface area contributed by atoms with Crippen LogP contribution in [0.5, 0.6) is 0 Å². The van der Waals surface area contributed by atoms with Crippen molar-refractivity contribution in [3.63, 3.8) is 0 Å². The highest BCUT2D eigenvalue weighted by Gasteiger charge is 2.29. The van der Waals surface area contributed by atoms with Crippen molar-refractivity contribution in [1.82, 2.24) is 4.90 Å². The van der Waals surface area contributed by atoms with Crippen LogP contribution in [0.15, 0.2) is 12.3 Å². The van der Waals surface area contributed by atoms with E-state index >= 15 is 0 Å². The highest BCUT2D eigenvalue weighted by molar-refractivity contribution is 5.79. The molecular formula is C20H35NO3. The van der Waals surface area contributed by atoms with Gasteiger partial charge in [0.25, 0.3) is 0 Å². The van der Waals surface area contributed by atoms with Crippen molar-refractivity contribution in [2.75, 3.05) is 7.05 Å². The first-order valence-corrected chi connectivity index (χ1v) is 9.24. The minimum atomic E-state index is -0.220. The van der Waals surface area contributed by atoms with Crippen LogP contribution in [-0.4, -0.2) is 29.9 Å². The molecule has 0 spiro atoms. The van der Waals surface area contributed by atoms with Crippen LogP contribution < -0.4 is 0 Å². The molecule has 4 heteroatoms. The SMILES string of the molecule is CC1CCCC[C@@H](C)C[C@H](C(C)(C)C)OC(=O)C/C=C/N(C)C1=O. The Morgan fingerprint density at radius 1 is 1.12 bits per heavy atom. The number of ether oxygens (including phenoxy) is 1. The topological polar surface area (TPSA) is 46.6 Å². The van der Waals surface area contributed by atoms with Gasteiger partial charge < -0.3 is 9.64 Å². The molecule has 0 fully saturated rings. The van der Waals surface area contributed by atoms with Gasteiger partial charge in [0.1, 0.15) is 6.10 Å². The molecule has 1 unspecified atom stereocenters. The van der Waals surface area contributed by atoms with E-state index in [1.807, 2.05) is 6.92 Å². The maximum atomic E-state index is 12.3. The van der Waals surface area contributed by atoms with Crippen LogP contribution in [0.1, 0.15) is 73.1 Å². The Hall–Kier alpha value is -1.32. The lowest BCUT2D eigenvalue weighted by Gasteiger charge is -2.32. The fourth-order valence-electron chi connectivity index (χ4n) is 3.06. The number of nitrogens with zero attached hydrogens (tertiary/aromatic N) is 1. The van der Waals surface area contributed by atoms with Gasteiger partial charge in [0.2, 0.25) is 5.91 Å². The molecule has 0 radical (unpaired) electrons. The summed E-state index contributed by atoms with van der Waals surface area (Å²) in [5.41, 5.74) is -0.0666. The summed E-state index contributed by atoms with van der Waals surface area (Å²) in [4.78, 5) is 26.0. The number of hydrogen-bond acceptors (Lipinski definition) is 3. The zero-order valence-corrected chi connectivity index (χ0v) is 16.3. The third kappa shape index (κ3) is 7.06. The maximum absolute atomic E-state index is 12.3. The molecule has 1 aliphatic heterocycles. The first-order chi connectivity index (χ1) is 11.1. The van der Waals surface area contributed by atoms with Crippen molar-refractivity contribution in [2.24, 2.45) is 17.3 Å². The minimum Gasteiger partial charge on any atom is -0.462 e. The first kappa shape index (κ1) is 20.7. The van der Waals surface area contributed by atoms with E-state index in [1.54, 1.807) is 24.2 Å². The number of amides is 1. The van der Waals surface area contributed by atoms with E-state index in [2.05, 4.69) is 27.7 Å². The Morgan fingerprint density at radius 2 is 1.75 bits per heavy atom. The molecule has 1 heterocycles. The molecule has 0 N–H and O–H groups in total. The van der Waals surface area contributed by atoms with Gasteiger partial charge in [-0.05, 0) is 24.2 Å². The number of rotatable bonds is 0. The number of carbonyl (C=O) groups is 2. The lowest BCUT2D eigenvalue weighted by atomic mass is 9.82. The minimum absolute atomic E-state index is 0.0226. The van der Waals surface area contributed by atoms with Gasteiger partial charge in [0.15, 0.2) is 0 Å². The molecule has 0 aromatic rings. The Kier molecular flexibility index (Phi) is 7.98. The standard InChI is InChI=1S/C20H35NO3/c1-15-10-7-8-11-16(2)19(23)21(6)13-9-12-18(22)24-17(14-15)20(3,4)5/h9,13,15-17H,7-8,10-12,14H2,1-6H3/b13-9+/t15-,16?,17-/m1/s1. The van der Waals surface area contributed by atoms with Crippen molar-refractivity contribution in [1.29, 1.82) is 0 Å². The van der Waals surface area contributed by atoms with Gasteiger partial charge in [-0.2, -0.15) is 0 Å². The van der Waals surface area contributed by atoms with Crippen LogP contribution in [0.25, 0.3) is 0 Å². The van der Waals surface area contributed by atoms with Gasteiger partial charge in [-0.25, -0.2) is 0 Å². The number of hydrogen-bond donors (Lipinski definition) is 0. The summed E-state index contributed by atoms with van der Waals surface area (Å²) in [5, 5.41) is 0. The summed E-state index contributed by atoms with van der Waals surface area (Å²) in [7, 11) is 1.75. The van der Waals surface area contributed by atoms with E-state index in [0.29, 0.717) is 5.92 Å². The zero-order chi connectivity index (χ0) is 18.3. The van der Waals surface area contributed by atoms with Crippen LogP contribution in [0.3, 0.4) is 0 Å². The lowest BCUT2D eigenvalue weighted by molar-refractivity contribution is -0.155. The smallest absolute Gasteiger partial charge is 0.309 e. The molecule has 0 bridgehead atoms. The molecule has 0 saturated heterocycles. The van der Waals surface area contributed by atoms with E-state index in [1.165, 1.54) is 0 Å². The fraction of sp³-hybridized carbons (Fsp3) is 0.800. The molecule has 138 valence electrons. The Bertz CT molecular complexity index is 450. The largest absolute Gasteiger partial charge is 0.462 e. The highest BCUT2D eigenvalue weighted by atomic mass is 16.5. The Morgan fingerprint density at radius 3 is 2.38 bits per heavy atom. The van der Waals surface area contributed by atoms with Crippen LogP contribution in [-0.2, 0) is 14.3 Å². The first-order valence-electron chi connectivity index (χ1n) is 9.24. The Labute approximate surface area is 147 Å². The molecule has 0 aromatic carbocycles. The van der Waals surface area contributed by atoms with Crippen molar-refractivity contribution in [2.45, 2.75) is 79.2 Å². The maximum Gasteiger partial charge on any atom is 0.309 e. The van der Waals surface area contributed by atoms with E-state index in [9.17, 15) is 9.59 Å². The monoisotopic (exact) mass is 337 g/mol. The lowest BCUT2D eigenvalue weighted by Crippen LogP contribution is -2.33. The Balaban J connectivity index is 2.85. The molecule has 3 atom stereocenters. The van der Waals surface area contributed by atoms with Gasteiger partial charge in [-0.15, -0.1) is 0 Å². The van der Waals surface area contributed by atoms with Gasteiger partial charge in [0, 0.05) is 19.2 Å². The molecular weight excluding hydrogens is 302 g/mol. The molecule has 0 aromatic heterocycles. The average molecular weight is 338 g/mol. The normalized spacial score (nSPS) is 30.2. The predicted octanol–water partition coefficient (Wildman–Crippen LogP) is 4.54. The summed E-state index contributed by atoms with van der Waals surface area (Å²) in [6.07, 6.45) is 8.64. The van der Waals surface area contributed by atoms with Crippen LogP contribution >= 0.6 is 0 Å². The van der Waals surface area contributed by atoms with E-state index in [-0.39, 0.29) is 35.7 Å². The van der Waals surface area contributed by atoms with Gasteiger partial charge in [-0.1, -0.05) is 60.0 Å². The third-order valence-electron chi connectivity index (χ3n) is 4.82. The quantitative estimate of drug-likeness (QED) is 0.610. The van der Waals surface area contributed by atoms with Crippen LogP contribution in [0.4, 0.5) is 0 Å². The summed E-state index contributed by atoms with van der Waals surface area (Å²) in [6, 6.07) is 0. The summed E-state index contributed by atoms with van der Waals surface area (Å²) in [5.74, 6) is 0.419. The second kappa shape index (κ2) is 9.24.